The molecule has 1 atom stereocenters. The zero-order valence-corrected chi connectivity index (χ0v) is 12.2. The van der Waals surface area contributed by atoms with Crippen molar-refractivity contribution in [3.05, 3.63) is 28.2 Å². The lowest BCUT2D eigenvalue weighted by Crippen LogP contribution is -2.23. The summed E-state index contributed by atoms with van der Waals surface area (Å²) in [4.78, 5) is 10.7. The molecule has 1 rings (SSSR count). The van der Waals surface area contributed by atoms with Gasteiger partial charge in [0.1, 0.15) is 5.75 Å². The highest BCUT2D eigenvalue weighted by atomic mass is 79.9. The number of carboxylic acids is 1. The number of carboxylic acid groups (broad SMARTS) is 1. The van der Waals surface area contributed by atoms with Gasteiger partial charge in [-0.1, -0.05) is 13.0 Å². The third kappa shape index (κ3) is 4.66. The van der Waals surface area contributed by atoms with Gasteiger partial charge in [-0.25, -0.2) is 4.79 Å². The number of hydrogen-bond donors (Lipinski definition) is 2. The Morgan fingerprint density at radius 1 is 1.56 bits per heavy atom. The molecule has 0 saturated heterocycles. The van der Waals surface area contributed by atoms with E-state index in [1.54, 1.807) is 6.07 Å². The first kappa shape index (κ1) is 15.0. The molecule has 1 aromatic rings. The average molecular weight is 316 g/mol. The van der Waals surface area contributed by atoms with Crippen LogP contribution in [0.3, 0.4) is 0 Å². The molecule has 18 heavy (non-hydrogen) atoms. The Labute approximate surface area is 115 Å². The summed E-state index contributed by atoms with van der Waals surface area (Å²) in [6.07, 6.45) is 0.240. The van der Waals surface area contributed by atoms with E-state index >= 15 is 0 Å². The van der Waals surface area contributed by atoms with Gasteiger partial charge in [0.15, 0.2) is 6.10 Å². The van der Waals surface area contributed by atoms with Crippen LogP contribution in [0.1, 0.15) is 25.8 Å². The second kappa shape index (κ2) is 7.38. The Hall–Kier alpha value is -1.07. The SMILES string of the molecule is CCCNCc1ccc(OC(C)C(=O)O)c(Br)c1. The highest BCUT2D eigenvalue weighted by Crippen LogP contribution is 2.27. The molecule has 0 bridgehead atoms. The van der Waals surface area contributed by atoms with Gasteiger partial charge in [-0.3, -0.25) is 0 Å². The van der Waals surface area contributed by atoms with E-state index in [1.165, 1.54) is 6.92 Å². The number of benzene rings is 1. The molecule has 0 fully saturated rings. The van der Waals surface area contributed by atoms with Gasteiger partial charge in [-0.15, -0.1) is 0 Å². The number of hydrogen-bond acceptors (Lipinski definition) is 3. The Morgan fingerprint density at radius 3 is 2.83 bits per heavy atom. The minimum Gasteiger partial charge on any atom is -0.479 e. The third-order valence-electron chi connectivity index (χ3n) is 2.40. The molecule has 100 valence electrons. The molecule has 2 N–H and O–H groups in total. The van der Waals surface area contributed by atoms with Gasteiger partial charge in [0.25, 0.3) is 0 Å². The number of rotatable bonds is 7. The topological polar surface area (TPSA) is 58.6 Å². The monoisotopic (exact) mass is 315 g/mol. The van der Waals surface area contributed by atoms with E-state index in [1.807, 2.05) is 12.1 Å². The van der Waals surface area contributed by atoms with E-state index in [2.05, 4.69) is 28.2 Å². The summed E-state index contributed by atoms with van der Waals surface area (Å²) in [5.74, 6) is -0.431. The van der Waals surface area contributed by atoms with Crippen molar-refractivity contribution in [2.24, 2.45) is 0 Å². The van der Waals surface area contributed by atoms with Crippen LogP contribution >= 0.6 is 15.9 Å². The number of ether oxygens (including phenoxy) is 1. The van der Waals surface area contributed by atoms with Crippen LogP contribution in [0.15, 0.2) is 22.7 Å². The van der Waals surface area contributed by atoms with Crippen LogP contribution in [-0.4, -0.2) is 23.7 Å². The first-order valence-corrected chi connectivity index (χ1v) is 6.72. The predicted octanol–water partition coefficient (Wildman–Crippen LogP) is 2.80. The average Bonchev–Trinajstić information content (AvgIpc) is 2.32. The number of carbonyl (C=O) groups is 1. The summed E-state index contributed by atoms with van der Waals surface area (Å²) in [6, 6.07) is 5.65. The second-order valence-corrected chi connectivity index (χ2v) is 4.89. The van der Waals surface area contributed by atoms with Crippen LogP contribution in [0.5, 0.6) is 5.75 Å². The minimum absolute atomic E-state index is 0.546. The first-order chi connectivity index (χ1) is 8.54. The minimum atomic E-state index is -0.976. The Kier molecular flexibility index (Phi) is 6.15. The van der Waals surface area contributed by atoms with Crippen LogP contribution in [-0.2, 0) is 11.3 Å². The summed E-state index contributed by atoms with van der Waals surface area (Å²) in [6.45, 7) is 5.39. The van der Waals surface area contributed by atoms with Crippen molar-refractivity contribution in [2.75, 3.05) is 6.54 Å². The summed E-state index contributed by atoms with van der Waals surface area (Å²) in [5, 5.41) is 12.1. The van der Waals surface area contributed by atoms with E-state index in [9.17, 15) is 4.79 Å². The quantitative estimate of drug-likeness (QED) is 0.760. The zero-order chi connectivity index (χ0) is 13.5. The molecule has 0 aliphatic heterocycles. The van der Waals surface area contributed by atoms with Crippen molar-refractivity contribution in [1.29, 1.82) is 0 Å². The van der Waals surface area contributed by atoms with Crippen molar-refractivity contribution >= 4 is 21.9 Å². The smallest absolute Gasteiger partial charge is 0.344 e. The Morgan fingerprint density at radius 2 is 2.28 bits per heavy atom. The van der Waals surface area contributed by atoms with Crippen molar-refractivity contribution in [3.63, 3.8) is 0 Å². The normalized spacial score (nSPS) is 12.2. The fourth-order valence-electron chi connectivity index (χ4n) is 1.40. The molecular weight excluding hydrogens is 298 g/mol. The van der Waals surface area contributed by atoms with Crippen molar-refractivity contribution < 1.29 is 14.6 Å². The molecule has 5 heteroatoms. The third-order valence-corrected chi connectivity index (χ3v) is 3.02. The molecule has 4 nitrogen and oxygen atoms in total. The van der Waals surface area contributed by atoms with E-state index < -0.39 is 12.1 Å². The highest BCUT2D eigenvalue weighted by molar-refractivity contribution is 9.10. The van der Waals surface area contributed by atoms with Crippen LogP contribution < -0.4 is 10.1 Å². The molecule has 0 aliphatic carbocycles. The molecule has 0 spiro atoms. The van der Waals surface area contributed by atoms with Crippen LogP contribution in [0.25, 0.3) is 0 Å². The van der Waals surface area contributed by atoms with Gasteiger partial charge < -0.3 is 15.2 Å². The first-order valence-electron chi connectivity index (χ1n) is 5.93. The van der Waals surface area contributed by atoms with Gasteiger partial charge in [-0.2, -0.15) is 0 Å². The Bertz CT molecular complexity index is 409. The van der Waals surface area contributed by atoms with E-state index in [0.717, 1.165) is 29.5 Å². The van der Waals surface area contributed by atoms with Gasteiger partial charge >= 0.3 is 5.97 Å². The predicted molar refractivity (Wildman–Crippen MR) is 73.9 cm³/mol. The standard InChI is InChI=1S/C13H18BrNO3/c1-3-6-15-8-10-4-5-12(11(14)7-10)18-9(2)13(16)17/h4-5,7,9,15H,3,6,8H2,1-2H3,(H,16,17). The summed E-state index contributed by atoms with van der Waals surface area (Å²) >= 11 is 3.39. The number of nitrogens with one attached hydrogen (secondary N) is 1. The maximum Gasteiger partial charge on any atom is 0.344 e. The van der Waals surface area contributed by atoms with Gasteiger partial charge in [0, 0.05) is 6.54 Å². The summed E-state index contributed by atoms with van der Waals surface area (Å²) < 4.78 is 6.09. The second-order valence-electron chi connectivity index (χ2n) is 4.04. The summed E-state index contributed by atoms with van der Waals surface area (Å²) in [5.41, 5.74) is 1.13. The molecule has 0 heterocycles. The lowest BCUT2D eigenvalue weighted by Gasteiger charge is -2.13. The molecule has 0 saturated carbocycles. The number of halogens is 1. The van der Waals surface area contributed by atoms with E-state index in [-0.39, 0.29) is 0 Å². The van der Waals surface area contributed by atoms with E-state index in [0.29, 0.717) is 5.75 Å². The van der Waals surface area contributed by atoms with E-state index in [4.69, 9.17) is 9.84 Å². The molecular formula is C13H18BrNO3. The van der Waals surface area contributed by atoms with Gasteiger partial charge in [-0.05, 0) is 53.5 Å². The molecule has 1 unspecified atom stereocenters. The molecule has 0 radical (unpaired) electrons. The van der Waals surface area contributed by atoms with Crippen LogP contribution in [0, 0.1) is 0 Å². The number of aliphatic carboxylic acids is 1. The molecule has 0 amide bonds. The maximum absolute atomic E-state index is 10.7. The van der Waals surface area contributed by atoms with Gasteiger partial charge in [0.2, 0.25) is 0 Å². The Balaban J connectivity index is 2.64. The molecule has 0 aromatic heterocycles. The molecule has 0 aliphatic rings. The largest absolute Gasteiger partial charge is 0.479 e. The zero-order valence-electron chi connectivity index (χ0n) is 10.6. The fourth-order valence-corrected chi connectivity index (χ4v) is 1.92. The maximum atomic E-state index is 10.7. The lowest BCUT2D eigenvalue weighted by molar-refractivity contribution is -0.144. The van der Waals surface area contributed by atoms with Crippen LogP contribution in [0.2, 0.25) is 0 Å². The van der Waals surface area contributed by atoms with Crippen molar-refractivity contribution in [1.82, 2.24) is 5.32 Å². The fraction of sp³-hybridized carbons (Fsp3) is 0.462. The highest BCUT2D eigenvalue weighted by Gasteiger charge is 2.14. The van der Waals surface area contributed by atoms with Crippen LogP contribution in [0.4, 0.5) is 0 Å². The van der Waals surface area contributed by atoms with Crippen molar-refractivity contribution in [2.45, 2.75) is 32.9 Å². The van der Waals surface area contributed by atoms with Crippen molar-refractivity contribution in [3.8, 4) is 5.75 Å². The lowest BCUT2D eigenvalue weighted by atomic mass is 10.2. The summed E-state index contributed by atoms with van der Waals surface area (Å²) in [7, 11) is 0. The van der Waals surface area contributed by atoms with Gasteiger partial charge in [0.05, 0.1) is 4.47 Å². The molecule has 1 aromatic carbocycles.